The number of halogens is 3. The normalized spacial score (nSPS) is 10.1. The Morgan fingerprint density at radius 2 is 1.11 bits per heavy atom. The van der Waals surface area contributed by atoms with Crippen LogP contribution in [0, 0.1) is 0 Å². The zero-order valence-corrected chi connectivity index (χ0v) is 35.5. The van der Waals surface area contributed by atoms with Gasteiger partial charge in [-0.1, -0.05) is 41.4 Å². The van der Waals surface area contributed by atoms with Crippen molar-refractivity contribution in [1.29, 1.82) is 0 Å². The number of nitrogens with zero attached hydrogens (tertiary/aromatic N) is 7. The molecule has 0 aliphatic heterocycles. The fourth-order valence-electron chi connectivity index (χ4n) is 5.32. The number of Topliss-reactive ketones (excluding diaryl/α,β-unsaturated/α-hetero) is 2. The van der Waals surface area contributed by atoms with Gasteiger partial charge in [0.15, 0.2) is 5.78 Å². The molecule has 0 amide bonds. The Bertz CT molecular complexity index is 2670. The summed E-state index contributed by atoms with van der Waals surface area (Å²) in [4.78, 5) is 75.0. The topological polar surface area (TPSA) is 203 Å². The van der Waals surface area contributed by atoms with Crippen LogP contribution in [0.5, 0.6) is 0 Å². The fraction of sp³-hybridized carbons (Fsp3) is 0.159. The highest BCUT2D eigenvalue weighted by atomic mass is 35.5. The third-order valence-corrected chi connectivity index (χ3v) is 8.88. The van der Waals surface area contributed by atoms with E-state index >= 15 is 0 Å². The zero-order valence-electron chi connectivity index (χ0n) is 33.2. The third kappa shape index (κ3) is 13.9. The van der Waals surface area contributed by atoms with Crippen LogP contribution in [0.1, 0.15) is 68.7 Å². The van der Waals surface area contributed by atoms with Crippen LogP contribution >= 0.6 is 34.8 Å². The molecule has 0 atom stereocenters. The van der Waals surface area contributed by atoms with Gasteiger partial charge in [-0.25, -0.2) is 19.6 Å². The van der Waals surface area contributed by atoms with Gasteiger partial charge in [-0.05, 0) is 80.4 Å². The molecule has 14 nitrogen and oxygen atoms in total. The van der Waals surface area contributed by atoms with Gasteiger partial charge in [0.25, 0.3) is 0 Å². The first-order valence-electron chi connectivity index (χ1n) is 18.4. The molecule has 312 valence electrons. The molecule has 0 radical (unpaired) electrons. The van der Waals surface area contributed by atoms with Gasteiger partial charge in [-0.15, -0.1) is 0 Å². The number of fused-ring (bicyclic) bond motifs is 2. The number of aromatic nitrogens is 7. The van der Waals surface area contributed by atoms with Crippen LogP contribution < -0.4 is 5.73 Å². The first-order valence-corrected chi connectivity index (χ1v) is 19.5. The first kappa shape index (κ1) is 46.9. The second-order valence-corrected chi connectivity index (χ2v) is 13.6. The van der Waals surface area contributed by atoms with Gasteiger partial charge in [0, 0.05) is 72.6 Å². The summed E-state index contributed by atoms with van der Waals surface area (Å²) in [6, 6.07) is 11.7. The number of ketones is 2. The third-order valence-electron chi connectivity index (χ3n) is 8.06. The smallest absolute Gasteiger partial charge is 0.340 e. The van der Waals surface area contributed by atoms with E-state index in [1.807, 2.05) is 6.07 Å². The molecule has 61 heavy (non-hydrogen) atoms. The summed E-state index contributed by atoms with van der Waals surface area (Å²) < 4.78 is 9.76. The quantitative estimate of drug-likeness (QED) is 0.0774. The van der Waals surface area contributed by atoms with Crippen LogP contribution in [0.25, 0.3) is 27.9 Å². The number of rotatable bonds is 10. The highest BCUT2D eigenvalue weighted by molar-refractivity contribution is 6.37. The molecule has 0 aliphatic carbocycles. The second kappa shape index (κ2) is 23.7. The van der Waals surface area contributed by atoms with Crippen LogP contribution in [-0.2, 0) is 27.1 Å². The number of ether oxygens (including phenoxy) is 2. The maximum absolute atomic E-state index is 12.6. The van der Waals surface area contributed by atoms with Crippen molar-refractivity contribution < 1.29 is 28.7 Å². The Hall–Kier alpha value is -6.74. The van der Waals surface area contributed by atoms with E-state index in [1.54, 1.807) is 69.0 Å². The molecule has 0 bridgehead atoms. The van der Waals surface area contributed by atoms with Gasteiger partial charge in [-0.2, -0.15) is 0 Å². The number of hydrogen-bond donors (Lipinski definition) is 1. The number of hydrogen-bond acceptors (Lipinski definition) is 14. The Kier molecular flexibility index (Phi) is 18.3. The lowest BCUT2D eigenvalue weighted by molar-refractivity contribution is -0.116. The molecule has 7 aromatic rings. The van der Waals surface area contributed by atoms with Gasteiger partial charge in [0.05, 0.1) is 75.4 Å². The van der Waals surface area contributed by atoms with Crippen molar-refractivity contribution in [3.05, 3.63) is 160 Å². The zero-order chi connectivity index (χ0) is 44.3. The van der Waals surface area contributed by atoms with Crippen molar-refractivity contribution in [1.82, 2.24) is 34.9 Å². The summed E-state index contributed by atoms with van der Waals surface area (Å²) in [5, 5.41) is 3.47. The van der Waals surface area contributed by atoms with Crippen molar-refractivity contribution in [2.45, 2.75) is 33.6 Å². The maximum atomic E-state index is 12.6. The van der Waals surface area contributed by atoms with Gasteiger partial charge < -0.3 is 15.2 Å². The summed E-state index contributed by atoms with van der Waals surface area (Å²) in [6.45, 7) is 9.16. The molecule has 7 aromatic heterocycles. The van der Waals surface area contributed by atoms with Crippen molar-refractivity contribution in [2.24, 2.45) is 0 Å². The predicted molar refractivity (Wildman–Crippen MR) is 236 cm³/mol. The molecule has 0 fully saturated rings. The molecule has 7 rings (SSSR count). The van der Waals surface area contributed by atoms with Crippen molar-refractivity contribution in [3.8, 4) is 0 Å². The highest BCUT2D eigenvalue weighted by Crippen LogP contribution is 2.24. The van der Waals surface area contributed by atoms with E-state index in [0.717, 1.165) is 27.5 Å². The van der Waals surface area contributed by atoms with Crippen LogP contribution in [-0.4, -0.2) is 71.6 Å². The lowest BCUT2D eigenvalue weighted by atomic mass is 9.96. The van der Waals surface area contributed by atoms with E-state index in [0.29, 0.717) is 55.3 Å². The Balaban J connectivity index is 0.000000189. The summed E-state index contributed by atoms with van der Waals surface area (Å²) in [6.07, 6.45) is 17.4. The SMILES string of the molecule is C=Cc1cc(Cl)c2ccncc2n1.CCOC(=O)c1ccncc1CC(=O)c1ccncc1CC(C)=O.CCOC(=O)c1ccncc1N.Clc1cc(Cl)c2ccncc2n1. The van der Waals surface area contributed by atoms with Crippen molar-refractivity contribution in [2.75, 3.05) is 18.9 Å². The van der Waals surface area contributed by atoms with E-state index in [-0.39, 0.29) is 31.0 Å². The summed E-state index contributed by atoms with van der Waals surface area (Å²) in [5.74, 6) is -1.14. The molecule has 0 unspecified atom stereocenters. The van der Waals surface area contributed by atoms with E-state index in [2.05, 4.69) is 41.5 Å². The molecular weight excluding hydrogens is 843 g/mol. The Morgan fingerprint density at radius 1 is 0.639 bits per heavy atom. The number of esters is 2. The van der Waals surface area contributed by atoms with Gasteiger partial charge in [0.1, 0.15) is 10.9 Å². The molecular formula is C44H39Cl3N8O6. The van der Waals surface area contributed by atoms with E-state index in [9.17, 15) is 19.2 Å². The average Bonchev–Trinajstić information content (AvgIpc) is 3.25. The van der Waals surface area contributed by atoms with Crippen LogP contribution in [0.2, 0.25) is 15.2 Å². The van der Waals surface area contributed by atoms with E-state index < -0.39 is 11.9 Å². The number of carbonyl (C=O) groups is 4. The number of carbonyl (C=O) groups excluding carboxylic acids is 4. The number of nitrogens with two attached hydrogens (primary N) is 1. The molecule has 0 saturated carbocycles. The van der Waals surface area contributed by atoms with Crippen LogP contribution in [0.3, 0.4) is 0 Å². The Labute approximate surface area is 366 Å². The molecule has 2 N–H and O–H groups in total. The molecule has 0 aliphatic rings. The minimum atomic E-state index is -0.485. The highest BCUT2D eigenvalue weighted by Gasteiger charge is 2.18. The minimum Gasteiger partial charge on any atom is -0.462 e. The van der Waals surface area contributed by atoms with Gasteiger partial charge in [-0.3, -0.25) is 34.5 Å². The second-order valence-electron chi connectivity index (χ2n) is 12.4. The molecule has 0 saturated heterocycles. The number of anilines is 1. The lowest BCUT2D eigenvalue weighted by Gasteiger charge is -2.09. The standard InChI is InChI=1S/C18H18N2O4.C10H7ClN2.C8H4Cl2N2.C8H10N2O2/c1-3-24-18(23)16-5-7-20-11-14(16)9-17(22)15-4-6-19-10-13(15)8-12(2)21;1-2-7-5-9(11)8-3-4-12-6-10(8)13-7;9-6-3-8(10)12-7-4-11-2-1-5(6)7;1-2-12-8(11)6-3-4-10-5-7(6)9/h4-7,10-11H,3,8-9H2,1-2H3;2-6H,1H2;1-4H;3-5H,2,9H2,1H3. The molecule has 0 spiro atoms. The van der Waals surface area contributed by atoms with E-state index in [4.69, 9.17) is 50.0 Å². The summed E-state index contributed by atoms with van der Waals surface area (Å²) in [5.41, 5.74) is 10.3. The molecule has 17 heteroatoms. The minimum absolute atomic E-state index is 0.00307. The average molecular weight is 882 g/mol. The van der Waals surface area contributed by atoms with Gasteiger partial charge in [0.2, 0.25) is 0 Å². The molecule has 7 heterocycles. The number of pyridine rings is 7. The fourth-order valence-corrected chi connectivity index (χ4v) is 6.11. The van der Waals surface area contributed by atoms with Crippen molar-refractivity contribution >= 4 is 91.9 Å². The first-order chi connectivity index (χ1) is 29.4. The summed E-state index contributed by atoms with van der Waals surface area (Å²) >= 11 is 17.6. The maximum Gasteiger partial charge on any atom is 0.340 e. The monoisotopic (exact) mass is 880 g/mol. The van der Waals surface area contributed by atoms with Crippen LogP contribution in [0.15, 0.2) is 111 Å². The van der Waals surface area contributed by atoms with Crippen molar-refractivity contribution in [3.63, 3.8) is 0 Å². The van der Waals surface area contributed by atoms with Gasteiger partial charge >= 0.3 is 11.9 Å². The Morgan fingerprint density at radius 3 is 1.67 bits per heavy atom. The predicted octanol–water partition coefficient (Wildman–Crippen LogP) is 8.91. The number of nitrogen functional groups attached to an aromatic ring is 1. The lowest BCUT2D eigenvalue weighted by Crippen LogP contribution is -2.14. The summed E-state index contributed by atoms with van der Waals surface area (Å²) in [7, 11) is 0. The largest absolute Gasteiger partial charge is 0.462 e. The molecule has 0 aromatic carbocycles. The van der Waals surface area contributed by atoms with Crippen LogP contribution in [0.4, 0.5) is 5.69 Å². The van der Waals surface area contributed by atoms with E-state index in [1.165, 1.54) is 56.2 Å².